The minimum atomic E-state index is -1.21. The van der Waals surface area contributed by atoms with E-state index < -0.39 is 58.7 Å². The third kappa shape index (κ3) is 2.45. The molecule has 7 heteroatoms. The highest BCUT2D eigenvalue weighted by molar-refractivity contribution is 5.98. The molecular weight excluding hydrogens is 400 g/mol. The molecule has 7 nitrogen and oxygen atoms in total. The third-order valence-electron chi connectivity index (χ3n) is 8.75. The van der Waals surface area contributed by atoms with E-state index in [-0.39, 0.29) is 12.2 Å². The monoisotopic (exact) mass is 432 g/mol. The van der Waals surface area contributed by atoms with E-state index in [0.29, 0.717) is 24.0 Å². The van der Waals surface area contributed by atoms with Gasteiger partial charge in [-0.05, 0) is 50.3 Å². The maximum Gasteiger partial charge on any atom is 0.509 e. The van der Waals surface area contributed by atoms with Crippen molar-refractivity contribution in [1.29, 1.82) is 0 Å². The van der Waals surface area contributed by atoms with Crippen molar-refractivity contribution < 1.29 is 33.6 Å². The molecule has 0 aromatic carbocycles. The highest BCUT2D eigenvalue weighted by atomic mass is 16.8. The summed E-state index contributed by atoms with van der Waals surface area (Å²) in [6, 6.07) is 0. The zero-order valence-electron chi connectivity index (χ0n) is 19.1. The van der Waals surface area contributed by atoms with Gasteiger partial charge in [-0.3, -0.25) is 4.79 Å². The molecule has 5 rings (SSSR count). The van der Waals surface area contributed by atoms with Gasteiger partial charge >= 0.3 is 6.16 Å². The number of Topliss-reactive ketones (excluding diaryl/α,β-unsaturated/α-hetero) is 1. The second-order valence-electron chi connectivity index (χ2n) is 11.1. The van der Waals surface area contributed by atoms with E-state index in [1.807, 2.05) is 34.6 Å². The number of aliphatic hydroxyl groups is 1. The van der Waals surface area contributed by atoms with Crippen LogP contribution in [0.25, 0.3) is 0 Å². The number of fused-ring (bicyclic) bond motifs is 6. The summed E-state index contributed by atoms with van der Waals surface area (Å²) in [5.41, 5.74) is -0.436. The fourth-order valence-electron chi connectivity index (χ4n) is 7.13. The maximum atomic E-state index is 13.3. The molecule has 2 aliphatic heterocycles. The number of aliphatic hydroxyl groups excluding tert-OH is 1. The lowest BCUT2D eigenvalue weighted by atomic mass is 9.48. The molecule has 31 heavy (non-hydrogen) atoms. The predicted molar refractivity (Wildman–Crippen MR) is 110 cm³/mol. The summed E-state index contributed by atoms with van der Waals surface area (Å²) in [6.07, 6.45) is -1.94. The van der Waals surface area contributed by atoms with Crippen molar-refractivity contribution in [3.05, 3.63) is 23.3 Å². The zero-order valence-corrected chi connectivity index (χ0v) is 19.1. The molecule has 0 unspecified atom stereocenters. The lowest BCUT2D eigenvalue weighted by Crippen LogP contribution is -2.68. The van der Waals surface area contributed by atoms with Crippen LogP contribution in [-0.4, -0.2) is 52.8 Å². The van der Waals surface area contributed by atoms with E-state index in [1.54, 1.807) is 0 Å². The van der Waals surface area contributed by atoms with Crippen LogP contribution in [0.5, 0.6) is 0 Å². The number of ether oxygens (including phenoxy) is 4. The Kier molecular flexibility index (Phi) is 4.09. The normalized spacial score (nSPS) is 47.6. The van der Waals surface area contributed by atoms with E-state index in [4.69, 9.17) is 18.9 Å². The van der Waals surface area contributed by atoms with Crippen LogP contribution in [0.15, 0.2) is 23.3 Å². The molecule has 3 aliphatic carbocycles. The molecule has 2 saturated heterocycles. The summed E-state index contributed by atoms with van der Waals surface area (Å²) in [4.78, 5) is 25.9. The fraction of sp³-hybridized carbons (Fsp3) is 0.750. The Labute approximate surface area is 182 Å². The Balaban J connectivity index is 1.84. The summed E-state index contributed by atoms with van der Waals surface area (Å²) in [7, 11) is 0. The summed E-state index contributed by atoms with van der Waals surface area (Å²) in [5, 5.41) is 10.7. The first-order chi connectivity index (χ1) is 14.3. The molecule has 0 aromatic heterocycles. The SMILES string of the molecule is C=C1[C@@H](O)CC[C@@]2(C)[C@H]3OC(C)(C)O[C@@H]3C3=C(C)C(=O)C[C@]4(OC(=O)O[C@H]4[C@H]12)C3(C)C. The van der Waals surface area contributed by atoms with Crippen LogP contribution in [0.3, 0.4) is 0 Å². The predicted octanol–water partition coefficient (Wildman–Crippen LogP) is 3.44. The quantitative estimate of drug-likeness (QED) is 0.463. The highest BCUT2D eigenvalue weighted by Crippen LogP contribution is 2.65. The number of carbonyl (C=O) groups excluding carboxylic acids is 2. The lowest BCUT2D eigenvalue weighted by Gasteiger charge is -2.59. The van der Waals surface area contributed by atoms with Crippen molar-refractivity contribution in [2.24, 2.45) is 16.7 Å². The average Bonchev–Trinajstić information content (AvgIpc) is 3.14. The van der Waals surface area contributed by atoms with Crippen molar-refractivity contribution in [3.8, 4) is 0 Å². The molecule has 0 amide bonds. The number of carbonyl (C=O) groups is 2. The molecule has 2 bridgehead atoms. The summed E-state index contributed by atoms with van der Waals surface area (Å²) in [6.45, 7) is 15.9. The Morgan fingerprint density at radius 1 is 1.06 bits per heavy atom. The molecule has 7 atom stereocenters. The van der Waals surface area contributed by atoms with Gasteiger partial charge < -0.3 is 24.1 Å². The Morgan fingerprint density at radius 2 is 1.74 bits per heavy atom. The van der Waals surface area contributed by atoms with Crippen LogP contribution in [-0.2, 0) is 23.7 Å². The molecule has 0 aromatic rings. The van der Waals surface area contributed by atoms with Gasteiger partial charge in [-0.25, -0.2) is 4.79 Å². The minimum Gasteiger partial charge on any atom is -0.426 e. The van der Waals surface area contributed by atoms with E-state index in [0.717, 1.165) is 5.57 Å². The van der Waals surface area contributed by atoms with E-state index in [9.17, 15) is 14.7 Å². The summed E-state index contributed by atoms with van der Waals surface area (Å²) < 4.78 is 24.8. The Bertz CT molecular complexity index is 930. The number of allylic oxidation sites excluding steroid dienone is 1. The molecule has 2 saturated carbocycles. The molecule has 5 aliphatic rings. The number of hydrogen-bond acceptors (Lipinski definition) is 7. The van der Waals surface area contributed by atoms with Gasteiger partial charge in [0.2, 0.25) is 0 Å². The number of hydrogen-bond donors (Lipinski definition) is 1. The second-order valence-corrected chi connectivity index (χ2v) is 11.1. The minimum absolute atomic E-state index is 0.0311. The smallest absolute Gasteiger partial charge is 0.426 e. The first kappa shape index (κ1) is 21.2. The molecule has 1 N–H and O–H groups in total. The Hall–Kier alpha value is -1.70. The largest absolute Gasteiger partial charge is 0.509 e. The summed E-state index contributed by atoms with van der Waals surface area (Å²) in [5.74, 6) is -1.39. The number of ketones is 1. The molecule has 0 radical (unpaired) electrons. The second kappa shape index (κ2) is 6.00. The zero-order chi connectivity index (χ0) is 22.7. The van der Waals surface area contributed by atoms with Crippen LogP contribution in [0.4, 0.5) is 4.79 Å². The van der Waals surface area contributed by atoms with Crippen molar-refractivity contribution >= 4 is 11.9 Å². The topological polar surface area (TPSA) is 91.3 Å². The van der Waals surface area contributed by atoms with Gasteiger partial charge in [0, 0.05) is 16.7 Å². The van der Waals surface area contributed by atoms with Crippen molar-refractivity contribution in [1.82, 2.24) is 0 Å². The van der Waals surface area contributed by atoms with Gasteiger partial charge in [-0.15, -0.1) is 0 Å². The average molecular weight is 433 g/mol. The first-order valence-corrected chi connectivity index (χ1v) is 11.1. The van der Waals surface area contributed by atoms with Gasteiger partial charge in [-0.2, -0.15) is 0 Å². The van der Waals surface area contributed by atoms with Gasteiger partial charge in [0.1, 0.15) is 6.10 Å². The van der Waals surface area contributed by atoms with Gasteiger partial charge in [0.25, 0.3) is 0 Å². The van der Waals surface area contributed by atoms with E-state index in [1.165, 1.54) is 0 Å². The maximum absolute atomic E-state index is 13.3. The van der Waals surface area contributed by atoms with Crippen LogP contribution < -0.4 is 0 Å². The summed E-state index contributed by atoms with van der Waals surface area (Å²) >= 11 is 0. The molecular formula is C24H32O7. The standard InChI is InChI=1S/C24H32O7/c1-11-13(25)8-9-23(7)16(11)18-24(31-20(27)28-18)10-14(26)12(2)15(21(24,3)4)17-19(23)30-22(5,6)29-17/h13,16-19,25H,1,8-10H2,2-7H3/t13-,16-,17+,18-,19-,23+,24+/m0/s1. The van der Waals surface area contributed by atoms with Gasteiger partial charge in [0.15, 0.2) is 23.3 Å². The van der Waals surface area contributed by atoms with Gasteiger partial charge in [0.05, 0.1) is 18.6 Å². The van der Waals surface area contributed by atoms with Gasteiger partial charge in [-0.1, -0.05) is 27.4 Å². The van der Waals surface area contributed by atoms with Crippen LogP contribution >= 0.6 is 0 Å². The van der Waals surface area contributed by atoms with Crippen molar-refractivity contribution in [2.75, 3.05) is 0 Å². The van der Waals surface area contributed by atoms with Crippen LogP contribution in [0.2, 0.25) is 0 Å². The Morgan fingerprint density at radius 3 is 2.42 bits per heavy atom. The van der Waals surface area contributed by atoms with Crippen LogP contribution in [0.1, 0.15) is 60.8 Å². The highest BCUT2D eigenvalue weighted by Gasteiger charge is 2.74. The van der Waals surface area contributed by atoms with Crippen molar-refractivity contribution in [2.45, 2.75) is 96.6 Å². The molecule has 170 valence electrons. The van der Waals surface area contributed by atoms with E-state index >= 15 is 0 Å². The van der Waals surface area contributed by atoms with Crippen LogP contribution in [0, 0.1) is 16.7 Å². The number of rotatable bonds is 0. The lowest BCUT2D eigenvalue weighted by molar-refractivity contribution is -0.174. The van der Waals surface area contributed by atoms with Crippen molar-refractivity contribution in [3.63, 3.8) is 0 Å². The molecule has 1 spiro atoms. The molecule has 4 fully saturated rings. The fourth-order valence-corrected chi connectivity index (χ4v) is 7.13. The first-order valence-electron chi connectivity index (χ1n) is 11.1. The third-order valence-corrected chi connectivity index (χ3v) is 8.75. The molecule has 2 heterocycles. The van der Waals surface area contributed by atoms with E-state index in [2.05, 4.69) is 13.5 Å².